The molecule has 2 unspecified atom stereocenters. The first kappa shape index (κ1) is 14.4. The second kappa shape index (κ2) is 5.01. The van der Waals surface area contributed by atoms with Crippen LogP contribution in [0.25, 0.3) is 0 Å². The third-order valence-electron chi connectivity index (χ3n) is 6.20. The molecule has 4 aliphatic carbocycles. The molecule has 4 fully saturated rings. The molecule has 114 valence electrons. The Morgan fingerprint density at radius 1 is 1.20 bits per heavy atom. The summed E-state index contributed by atoms with van der Waals surface area (Å²) in [6.07, 6.45) is 8.69. The van der Waals surface area contributed by atoms with Gasteiger partial charge in [-0.3, -0.25) is 4.79 Å². The zero-order valence-corrected chi connectivity index (χ0v) is 13.3. The first-order valence-electron chi connectivity index (χ1n) is 8.43. The lowest BCUT2D eigenvalue weighted by Gasteiger charge is -2.60. The van der Waals surface area contributed by atoms with Crippen molar-refractivity contribution < 1.29 is 14.4 Å². The molecule has 0 heterocycles. The van der Waals surface area contributed by atoms with Crippen LogP contribution in [0.2, 0.25) is 0 Å². The normalized spacial score (nSPS) is 42.2. The van der Waals surface area contributed by atoms with Gasteiger partial charge in [0, 0.05) is 0 Å². The predicted molar refractivity (Wildman–Crippen MR) is 78.5 cm³/mol. The molecule has 0 radical (unpaired) electrons. The lowest BCUT2D eigenvalue weighted by atomic mass is 9.43. The van der Waals surface area contributed by atoms with E-state index in [1.807, 2.05) is 0 Å². The highest BCUT2D eigenvalue weighted by atomic mass is 16.5. The number of likely N-dealkylation sites (N-methyl/N-ethyl adjacent to an activating group) is 1. The third kappa shape index (κ3) is 2.38. The van der Waals surface area contributed by atoms with E-state index < -0.39 is 0 Å². The maximum absolute atomic E-state index is 12.7. The van der Waals surface area contributed by atoms with Gasteiger partial charge in [0.2, 0.25) is 0 Å². The van der Waals surface area contributed by atoms with Crippen molar-refractivity contribution in [1.29, 1.82) is 0 Å². The molecule has 4 atom stereocenters. The van der Waals surface area contributed by atoms with E-state index in [2.05, 4.69) is 21.0 Å². The standard InChI is InChI=1S/C17H29NO2/c1-4-16-8-13-7-14(9-16)11-17(10-13,12-16)15(19)20-6-5-18(2)3/h13-14H,4-12H2,1-3H3/p+1/t13-,14+,16?,17?. The molecule has 4 aliphatic rings. The molecule has 4 bridgehead atoms. The van der Waals surface area contributed by atoms with Crippen LogP contribution in [0.3, 0.4) is 0 Å². The number of quaternary nitrogens is 1. The van der Waals surface area contributed by atoms with Crippen molar-refractivity contribution in [1.82, 2.24) is 0 Å². The quantitative estimate of drug-likeness (QED) is 0.777. The van der Waals surface area contributed by atoms with E-state index in [1.165, 1.54) is 30.6 Å². The van der Waals surface area contributed by atoms with Gasteiger partial charge in [-0.05, 0) is 55.8 Å². The first-order valence-corrected chi connectivity index (χ1v) is 8.43. The molecule has 3 heteroatoms. The van der Waals surface area contributed by atoms with Crippen LogP contribution in [0.4, 0.5) is 0 Å². The number of nitrogens with one attached hydrogen (secondary N) is 1. The number of hydrogen-bond acceptors (Lipinski definition) is 2. The number of esters is 1. The van der Waals surface area contributed by atoms with Gasteiger partial charge in [0.1, 0.15) is 13.2 Å². The van der Waals surface area contributed by atoms with E-state index in [9.17, 15) is 4.79 Å². The topological polar surface area (TPSA) is 30.7 Å². The van der Waals surface area contributed by atoms with Gasteiger partial charge < -0.3 is 9.64 Å². The molecule has 0 aromatic carbocycles. The van der Waals surface area contributed by atoms with Crippen molar-refractivity contribution >= 4 is 5.97 Å². The average molecular weight is 280 g/mol. The van der Waals surface area contributed by atoms with Crippen molar-refractivity contribution in [3.63, 3.8) is 0 Å². The average Bonchev–Trinajstić information content (AvgIpc) is 2.36. The smallest absolute Gasteiger partial charge is 0.312 e. The Bertz CT molecular complexity index is 376. The summed E-state index contributed by atoms with van der Waals surface area (Å²) in [5.74, 6) is 1.72. The molecule has 1 N–H and O–H groups in total. The number of hydrogen-bond donors (Lipinski definition) is 1. The van der Waals surface area contributed by atoms with Gasteiger partial charge in [-0.1, -0.05) is 13.3 Å². The van der Waals surface area contributed by atoms with Crippen LogP contribution in [0.5, 0.6) is 0 Å². The minimum Gasteiger partial charge on any atom is -0.459 e. The van der Waals surface area contributed by atoms with Crippen molar-refractivity contribution in [3.05, 3.63) is 0 Å². The largest absolute Gasteiger partial charge is 0.459 e. The molecule has 20 heavy (non-hydrogen) atoms. The van der Waals surface area contributed by atoms with Gasteiger partial charge >= 0.3 is 5.97 Å². The maximum Gasteiger partial charge on any atom is 0.312 e. The van der Waals surface area contributed by atoms with Crippen molar-refractivity contribution in [3.8, 4) is 0 Å². The van der Waals surface area contributed by atoms with E-state index in [0.717, 1.165) is 37.6 Å². The van der Waals surface area contributed by atoms with E-state index in [4.69, 9.17) is 4.74 Å². The summed E-state index contributed by atoms with van der Waals surface area (Å²) in [5, 5.41) is 0. The predicted octanol–water partition coefficient (Wildman–Crippen LogP) is 1.67. The van der Waals surface area contributed by atoms with Gasteiger partial charge in [-0.25, -0.2) is 0 Å². The minimum absolute atomic E-state index is 0.109. The number of rotatable bonds is 5. The molecule has 4 saturated carbocycles. The van der Waals surface area contributed by atoms with Crippen LogP contribution in [0, 0.1) is 22.7 Å². The summed E-state index contributed by atoms with van der Waals surface area (Å²) < 4.78 is 5.67. The monoisotopic (exact) mass is 280 g/mol. The van der Waals surface area contributed by atoms with Gasteiger partial charge in [0.25, 0.3) is 0 Å². The van der Waals surface area contributed by atoms with Crippen molar-refractivity contribution in [2.45, 2.75) is 51.9 Å². The highest BCUT2D eigenvalue weighted by molar-refractivity contribution is 5.77. The summed E-state index contributed by atoms with van der Waals surface area (Å²) in [5.41, 5.74) is 0.359. The zero-order valence-electron chi connectivity index (χ0n) is 13.3. The maximum atomic E-state index is 12.7. The highest BCUT2D eigenvalue weighted by Crippen LogP contribution is 2.66. The highest BCUT2D eigenvalue weighted by Gasteiger charge is 2.60. The molecule has 0 aliphatic heterocycles. The van der Waals surface area contributed by atoms with Crippen LogP contribution in [0.15, 0.2) is 0 Å². The SMILES string of the molecule is CCC12C[C@H]3C[C@@H](C1)CC(C(=O)OCC[NH+](C)C)(C3)C2. The second-order valence-corrected chi connectivity index (χ2v) is 8.19. The molecule has 3 nitrogen and oxygen atoms in total. The Kier molecular flexibility index (Phi) is 3.60. The molecule has 4 rings (SSSR count). The Morgan fingerprint density at radius 3 is 2.40 bits per heavy atom. The number of carbonyl (C=O) groups is 1. The molecule has 0 aromatic heterocycles. The van der Waals surface area contributed by atoms with Gasteiger partial charge in [0.05, 0.1) is 19.5 Å². The molecule has 0 amide bonds. The van der Waals surface area contributed by atoms with E-state index in [1.54, 1.807) is 0 Å². The number of ether oxygens (including phenoxy) is 1. The van der Waals surface area contributed by atoms with Crippen LogP contribution < -0.4 is 4.90 Å². The fourth-order valence-electron chi connectivity index (χ4n) is 5.61. The summed E-state index contributed by atoms with van der Waals surface area (Å²) in [6, 6.07) is 0. The van der Waals surface area contributed by atoms with E-state index in [-0.39, 0.29) is 11.4 Å². The van der Waals surface area contributed by atoms with Crippen molar-refractivity contribution in [2.75, 3.05) is 27.2 Å². The fraction of sp³-hybridized carbons (Fsp3) is 0.941. The van der Waals surface area contributed by atoms with Crippen molar-refractivity contribution in [2.24, 2.45) is 22.7 Å². The Balaban J connectivity index is 1.70. The Morgan fingerprint density at radius 2 is 1.85 bits per heavy atom. The second-order valence-electron chi connectivity index (χ2n) is 8.19. The minimum atomic E-state index is -0.109. The van der Waals surface area contributed by atoms with Gasteiger partial charge in [-0.2, -0.15) is 0 Å². The van der Waals surface area contributed by atoms with Crippen LogP contribution in [0.1, 0.15) is 51.9 Å². The molecular formula is C17H30NO2+. The van der Waals surface area contributed by atoms with Crippen LogP contribution in [-0.2, 0) is 9.53 Å². The Hall–Kier alpha value is -0.570. The lowest BCUT2D eigenvalue weighted by Crippen LogP contribution is -3.06. The summed E-state index contributed by atoms with van der Waals surface area (Å²) in [6.45, 7) is 3.81. The Labute approximate surface area is 123 Å². The lowest BCUT2D eigenvalue weighted by molar-refractivity contribution is -0.858. The first-order chi connectivity index (χ1) is 9.47. The van der Waals surface area contributed by atoms with Gasteiger partial charge in [0.15, 0.2) is 0 Å². The van der Waals surface area contributed by atoms with Crippen LogP contribution >= 0.6 is 0 Å². The summed E-state index contributed by atoms with van der Waals surface area (Å²) in [4.78, 5) is 14.0. The summed E-state index contributed by atoms with van der Waals surface area (Å²) >= 11 is 0. The molecular weight excluding hydrogens is 250 g/mol. The number of carbonyl (C=O) groups excluding carboxylic acids is 1. The zero-order chi connectivity index (χ0) is 14.4. The fourth-order valence-corrected chi connectivity index (χ4v) is 5.61. The molecule has 0 aromatic rings. The van der Waals surface area contributed by atoms with E-state index in [0.29, 0.717) is 12.0 Å². The van der Waals surface area contributed by atoms with E-state index >= 15 is 0 Å². The molecule has 0 saturated heterocycles. The van der Waals surface area contributed by atoms with Gasteiger partial charge in [-0.15, -0.1) is 0 Å². The third-order valence-corrected chi connectivity index (χ3v) is 6.20. The summed E-state index contributed by atoms with van der Waals surface area (Å²) in [7, 11) is 4.20. The molecule has 0 spiro atoms. The van der Waals surface area contributed by atoms with Crippen LogP contribution in [-0.4, -0.2) is 33.2 Å².